The van der Waals surface area contributed by atoms with Gasteiger partial charge in [0.1, 0.15) is 0 Å². The van der Waals surface area contributed by atoms with E-state index in [0.29, 0.717) is 0 Å². The van der Waals surface area contributed by atoms with E-state index in [4.69, 9.17) is 0 Å². The van der Waals surface area contributed by atoms with Gasteiger partial charge in [0.05, 0.1) is 0 Å². The van der Waals surface area contributed by atoms with Crippen LogP contribution >= 0.6 is 0 Å². The molecule has 182 valence electrons. The minimum absolute atomic E-state index is 0. The van der Waals surface area contributed by atoms with Gasteiger partial charge in [-0.1, -0.05) is 108 Å². The molecule has 0 saturated carbocycles. The van der Waals surface area contributed by atoms with Crippen LogP contribution in [0.25, 0.3) is 43.8 Å². The number of fused-ring (bicyclic) bond motifs is 2. The van der Waals surface area contributed by atoms with E-state index in [1.165, 1.54) is 43.8 Å². The number of hydrogen-bond donors (Lipinski definition) is 0. The van der Waals surface area contributed by atoms with Crippen molar-refractivity contribution < 1.29 is 44.0 Å². The Morgan fingerprint density at radius 2 is 0.750 bits per heavy atom. The van der Waals surface area contributed by atoms with Gasteiger partial charge in [-0.05, 0) is 0 Å². The Kier molecular flexibility index (Phi) is 16.0. The minimum Gasteiger partial charge on any atom is -0.145 e. The molecule has 0 aliphatic heterocycles. The first-order valence-corrected chi connectivity index (χ1v) is 13.4. The van der Waals surface area contributed by atoms with E-state index in [2.05, 4.69) is 129 Å². The van der Waals surface area contributed by atoms with Crippen LogP contribution < -0.4 is 24.8 Å². The fourth-order valence-electron chi connectivity index (χ4n) is 3.90. The van der Waals surface area contributed by atoms with E-state index in [-0.39, 0.29) is 39.7 Å². The van der Waals surface area contributed by atoms with E-state index in [0.717, 1.165) is 0 Å². The number of benzene rings is 4. The average Bonchev–Trinajstić information content (AvgIpc) is 3.51. The van der Waals surface area contributed by atoms with Gasteiger partial charge in [0.25, 0.3) is 0 Å². The Morgan fingerprint density at radius 1 is 0.444 bits per heavy atom. The Hall–Kier alpha value is -2.39. The van der Waals surface area contributed by atoms with Gasteiger partial charge in [0.2, 0.25) is 0 Å². The van der Waals surface area contributed by atoms with Crippen molar-refractivity contribution in [2.45, 2.75) is 0 Å². The van der Waals surface area contributed by atoms with Crippen LogP contribution in [0.4, 0.5) is 0 Å². The zero-order valence-corrected chi connectivity index (χ0v) is 24.5. The third-order valence-corrected chi connectivity index (χ3v) is 5.45. The topological polar surface area (TPSA) is 0 Å². The third-order valence-electron chi connectivity index (χ3n) is 5.45. The van der Waals surface area contributed by atoms with E-state index in [1.807, 2.05) is 12.1 Å². The van der Waals surface area contributed by atoms with Crippen LogP contribution in [0.2, 0.25) is 0 Å². The van der Waals surface area contributed by atoms with Crippen molar-refractivity contribution in [2.75, 3.05) is 0 Å². The predicted molar refractivity (Wildman–Crippen MR) is 149 cm³/mol. The van der Waals surface area contributed by atoms with Crippen LogP contribution in [0.15, 0.2) is 133 Å². The van der Waals surface area contributed by atoms with Gasteiger partial charge >= 0.3 is 26.8 Å². The number of hydrogen-bond acceptors (Lipinski definition) is 0. The second kappa shape index (κ2) is 17.1. The first kappa shape index (κ1) is 33.6. The molecule has 0 unspecified atom stereocenters. The SMILES string of the molecule is [CH3-].[CH3-].[Cl-].[Cl-].[Si]=[Ti+2].c1ccc(-c2cc3ccccc3[cH-]2)cc1.c1ccc(-c2cc3ccccc3[cH-]2)cc1. The average molecular weight is 559 g/mol. The molecule has 6 rings (SSSR count). The van der Waals surface area contributed by atoms with Gasteiger partial charge in [0.15, 0.2) is 0 Å². The molecule has 0 aliphatic carbocycles. The van der Waals surface area contributed by atoms with Crippen molar-refractivity contribution in [3.63, 3.8) is 0 Å². The summed E-state index contributed by atoms with van der Waals surface area (Å²) in [6.45, 7) is 0. The van der Waals surface area contributed by atoms with Crippen LogP contribution in [0.5, 0.6) is 0 Å². The Balaban J connectivity index is 0.000000577. The summed E-state index contributed by atoms with van der Waals surface area (Å²) in [7, 11) is 2.97. The molecule has 0 saturated heterocycles. The van der Waals surface area contributed by atoms with Crippen LogP contribution in [0.3, 0.4) is 0 Å². The van der Waals surface area contributed by atoms with Crippen molar-refractivity contribution in [1.29, 1.82) is 0 Å². The second-order valence-corrected chi connectivity index (χ2v) is 7.48. The molecule has 36 heavy (non-hydrogen) atoms. The van der Waals surface area contributed by atoms with Crippen molar-refractivity contribution in [1.82, 2.24) is 0 Å². The van der Waals surface area contributed by atoms with Crippen molar-refractivity contribution in [2.24, 2.45) is 0 Å². The summed E-state index contributed by atoms with van der Waals surface area (Å²) >= 11 is 1.81. The molecule has 0 amide bonds. The van der Waals surface area contributed by atoms with Crippen molar-refractivity contribution in [3.05, 3.63) is 148 Å². The van der Waals surface area contributed by atoms with Crippen LogP contribution in [-0.4, -0.2) is 7.63 Å². The summed E-state index contributed by atoms with van der Waals surface area (Å²) in [5, 5.41) is 5.26. The third kappa shape index (κ3) is 8.34. The summed E-state index contributed by atoms with van der Waals surface area (Å²) in [5.74, 6) is 0. The van der Waals surface area contributed by atoms with Crippen LogP contribution in [-0.2, 0) is 19.2 Å². The summed E-state index contributed by atoms with van der Waals surface area (Å²) in [5.41, 5.74) is 5.18. The summed E-state index contributed by atoms with van der Waals surface area (Å²) in [4.78, 5) is 0. The molecule has 0 bridgehead atoms. The molecule has 2 radical (unpaired) electrons. The van der Waals surface area contributed by atoms with Crippen LogP contribution in [0, 0.1) is 14.9 Å². The molecule has 0 atom stereocenters. The smallest absolute Gasteiger partial charge is 0.0635 e. The Labute approximate surface area is 242 Å². The quantitative estimate of drug-likeness (QED) is 0.226. The normalized spacial score (nSPS) is 9.06. The molecule has 0 spiro atoms. The van der Waals surface area contributed by atoms with E-state index in [9.17, 15) is 0 Å². The zero-order chi connectivity index (χ0) is 22.2. The minimum atomic E-state index is 0. The number of rotatable bonds is 2. The van der Waals surface area contributed by atoms with E-state index >= 15 is 0 Å². The summed E-state index contributed by atoms with van der Waals surface area (Å²) in [6.07, 6.45) is 0. The fraction of sp³-hybridized carbons (Fsp3) is 0. The molecule has 0 heterocycles. The van der Waals surface area contributed by atoms with Crippen molar-refractivity contribution >= 4 is 29.2 Å². The van der Waals surface area contributed by atoms with Gasteiger partial charge in [-0.3, -0.25) is 0 Å². The largest absolute Gasteiger partial charge is 0.145 e. The van der Waals surface area contributed by atoms with E-state index in [1.54, 1.807) is 19.2 Å². The van der Waals surface area contributed by atoms with Gasteiger partial charge in [-0.2, -0.15) is 0 Å². The van der Waals surface area contributed by atoms with Gasteiger partial charge in [0, 0.05) is 0 Å². The first-order chi connectivity index (χ1) is 15.9. The van der Waals surface area contributed by atoms with Gasteiger partial charge in [-0.15, -0.1) is 69.1 Å². The molecular formula is C32H28Cl2SiTi-4. The molecule has 0 aliphatic rings. The molecule has 0 nitrogen and oxygen atoms in total. The fourth-order valence-corrected chi connectivity index (χ4v) is 3.90. The maximum absolute atomic E-state index is 2.97. The first-order valence-electron chi connectivity index (χ1n) is 10.5. The monoisotopic (exact) mass is 558 g/mol. The maximum Gasteiger partial charge on any atom is -0.0635 e. The Bertz CT molecular complexity index is 1230. The molecule has 6 aromatic carbocycles. The molecule has 6 aromatic rings. The van der Waals surface area contributed by atoms with Gasteiger partial charge in [-0.25, -0.2) is 0 Å². The molecule has 0 aromatic heterocycles. The zero-order valence-electron chi connectivity index (χ0n) is 20.5. The standard InChI is InChI=1S/2C15H11.2CH3.2ClH.Si.Ti/c2*1-2-6-12(7-3-1)15-10-13-8-4-5-9-14(13)11-15;;;;;;/h2*1-11H;2*1H3;2*1H;;/q4*-1;;;;+2/p-2. The second-order valence-electron chi connectivity index (χ2n) is 7.48. The molecule has 4 heteroatoms. The summed E-state index contributed by atoms with van der Waals surface area (Å²) in [6, 6.07) is 46.9. The molecular weight excluding hydrogens is 531 g/mol. The van der Waals surface area contributed by atoms with Crippen LogP contribution in [0.1, 0.15) is 0 Å². The van der Waals surface area contributed by atoms with Crippen molar-refractivity contribution in [3.8, 4) is 22.3 Å². The van der Waals surface area contributed by atoms with E-state index < -0.39 is 0 Å². The molecule has 0 N–H and O–H groups in total. The number of halogens is 2. The van der Waals surface area contributed by atoms with Gasteiger partial charge < -0.3 is 39.7 Å². The maximum atomic E-state index is 2.97. The Morgan fingerprint density at radius 3 is 1.08 bits per heavy atom. The predicted octanol–water partition coefficient (Wildman–Crippen LogP) is 2.98. The molecule has 0 fully saturated rings. The summed E-state index contributed by atoms with van der Waals surface area (Å²) < 4.78 is 0.